The molecule has 3 heterocycles. The summed E-state index contributed by atoms with van der Waals surface area (Å²) in [5.74, 6) is -0.107. The predicted molar refractivity (Wildman–Crippen MR) is 146 cm³/mol. The van der Waals surface area contributed by atoms with E-state index in [1.54, 1.807) is 21.6 Å². The molecular formula is C28H27ClN4O2S. The molecule has 0 radical (unpaired) electrons. The third kappa shape index (κ3) is 4.02. The van der Waals surface area contributed by atoms with Crippen molar-refractivity contribution in [2.45, 2.75) is 26.8 Å². The molecule has 0 saturated carbocycles. The molecule has 4 aromatic rings. The topological polar surface area (TPSA) is 59.6 Å². The zero-order valence-corrected chi connectivity index (χ0v) is 22.2. The van der Waals surface area contributed by atoms with Gasteiger partial charge in [-0.25, -0.2) is 4.99 Å². The number of likely N-dealkylation sites (N-methyl/N-ethyl adjacent to an activating group) is 1. The lowest BCUT2D eigenvalue weighted by Gasteiger charge is -2.29. The van der Waals surface area contributed by atoms with Crippen LogP contribution in [0.25, 0.3) is 17.0 Å². The molecule has 2 aromatic heterocycles. The van der Waals surface area contributed by atoms with E-state index in [0.29, 0.717) is 38.7 Å². The van der Waals surface area contributed by atoms with Gasteiger partial charge in [0.25, 0.3) is 11.5 Å². The number of allylic oxidation sites excluding steroid dienone is 1. The van der Waals surface area contributed by atoms with Gasteiger partial charge in [-0.05, 0) is 50.6 Å². The van der Waals surface area contributed by atoms with Crippen molar-refractivity contribution in [3.63, 3.8) is 0 Å². The SMILES string of the molecule is CCN(CC)C(=O)C1=C(C)N=c2s/c(=C/c3cn(C)c4ccccc34)c(=O)n2[C@H]1c1ccc(Cl)cc1. The first-order chi connectivity index (χ1) is 17.3. The van der Waals surface area contributed by atoms with Gasteiger partial charge < -0.3 is 9.47 Å². The first-order valence-corrected chi connectivity index (χ1v) is 13.1. The summed E-state index contributed by atoms with van der Waals surface area (Å²) in [6.45, 7) is 6.90. The number of carbonyl (C=O) groups excluding carboxylic acids is 1. The number of rotatable bonds is 5. The van der Waals surface area contributed by atoms with Gasteiger partial charge in [0.05, 0.1) is 21.8 Å². The van der Waals surface area contributed by atoms with Crippen LogP contribution in [0.2, 0.25) is 5.02 Å². The van der Waals surface area contributed by atoms with Gasteiger partial charge >= 0.3 is 0 Å². The van der Waals surface area contributed by atoms with E-state index < -0.39 is 6.04 Å². The van der Waals surface area contributed by atoms with E-state index in [0.717, 1.165) is 22.0 Å². The molecule has 1 atom stereocenters. The van der Waals surface area contributed by atoms with Crippen molar-refractivity contribution in [1.29, 1.82) is 0 Å². The largest absolute Gasteiger partial charge is 0.350 e. The van der Waals surface area contributed by atoms with Crippen molar-refractivity contribution in [2.24, 2.45) is 12.0 Å². The second kappa shape index (κ2) is 9.56. The summed E-state index contributed by atoms with van der Waals surface area (Å²) in [6, 6.07) is 14.9. The van der Waals surface area contributed by atoms with Gasteiger partial charge in [0.15, 0.2) is 4.80 Å². The van der Waals surface area contributed by atoms with Crippen molar-refractivity contribution in [1.82, 2.24) is 14.0 Å². The summed E-state index contributed by atoms with van der Waals surface area (Å²) in [4.78, 5) is 34.6. The van der Waals surface area contributed by atoms with E-state index in [1.165, 1.54) is 11.3 Å². The van der Waals surface area contributed by atoms with Crippen LogP contribution in [-0.2, 0) is 11.8 Å². The minimum Gasteiger partial charge on any atom is -0.350 e. The van der Waals surface area contributed by atoms with Crippen molar-refractivity contribution in [2.75, 3.05) is 13.1 Å². The van der Waals surface area contributed by atoms with E-state index in [1.807, 2.05) is 64.4 Å². The van der Waals surface area contributed by atoms with E-state index in [-0.39, 0.29) is 11.5 Å². The van der Waals surface area contributed by atoms with Crippen LogP contribution in [0, 0.1) is 0 Å². The number of nitrogens with zero attached hydrogens (tertiary/aromatic N) is 4. The van der Waals surface area contributed by atoms with E-state index in [2.05, 4.69) is 16.7 Å². The number of aromatic nitrogens is 2. The maximum atomic E-state index is 13.9. The van der Waals surface area contributed by atoms with Crippen LogP contribution in [0.4, 0.5) is 0 Å². The van der Waals surface area contributed by atoms with Crippen molar-refractivity contribution in [3.05, 3.63) is 102 Å². The number of hydrogen-bond donors (Lipinski definition) is 0. The highest BCUT2D eigenvalue weighted by Gasteiger charge is 2.34. The Morgan fingerprint density at radius 3 is 2.53 bits per heavy atom. The van der Waals surface area contributed by atoms with Gasteiger partial charge in [0, 0.05) is 47.8 Å². The van der Waals surface area contributed by atoms with Crippen LogP contribution in [0.5, 0.6) is 0 Å². The highest BCUT2D eigenvalue weighted by atomic mass is 35.5. The first kappa shape index (κ1) is 24.3. The lowest BCUT2D eigenvalue weighted by molar-refractivity contribution is -0.127. The fourth-order valence-electron chi connectivity index (χ4n) is 4.87. The molecule has 6 nitrogen and oxygen atoms in total. The minimum absolute atomic E-state index is 0.107. The second-order valence-corrected chi connectivity index (χ2v) is 10.3. The number of carbonyl (C=O) groups is 1. The third-order valence-electron chi connectivity index (χ3n) is 6.70. The Bertz CT molecular complexity index is 1690. The van der Waals surface area contributed by atoms with E-state index in [4.69, 9.17) is 16.6 Å². The Balaban J connectivity index is 1.75. The summed E-state index contributed by atoms with van der Waals surface area (Å²) in [7, 11) is 2.00. The fraction of sp³-hybridized carbons (Fsp3) is 0.250. The Morgan fingerprint density at radius 2 is 1.83 bits per heavy atom. The molecule has 0 unspecified atom stereocenters. The second-order valence-electron chi connectivity index (χ2n) is 8.82. The van der Waals surface area contributed by atoms with Gasteiger partial charge in [0.2, 0.25) is 0 Å². The normalized spacial score (nSPS) is 15.8. The third-order valence-corrected chi connectivity index (χ3v) is 7.94. The highest BCUT2D eigenvalue weighted by molar-refractivity contribution is 7.07. The number of hydrogen-bond acceptors (Lipinski definition) is 4. The van der Waals surface area contributed by atoms with Crippen LogP contribution in [0.15, 0.2) is 75.8 Å². The summed E-state index contributed by atoms with van der Waals surface area (Å²) in [5, 5.41) is 1.67. The maximum Gasteiger partial charge on any atom is 0.271 e. The number of halogens is 1. The standard InChI is InChI=1S/C28H27ClN4O2S/c1-5-32(6-2)27(35)24-17(3)30-28-33(25(24)18-11-13-20(29)14-12-18)26(34)23(36-28)15-19-16-31(4)22-10-8-7-9-21(19)22/h7-16,25H,5-6H2,1-4H3/b23-15+/t25-/m0/s1. The molecule has 5 rings (SSSR count). The van der Waals surface area contributed by atoms with Crippen LogP contribution in [-0.4, -0.2) is 33.0 Å². The molecule has 0 N–H and O–H groups in total. The molecule has 0 spiro atoms. The molecule has 1 aliphatic heterocycles. The smallest absolute Gasteiger partial charge is 0.271 e. The molecule has 1 aliphatic rings. The molecule has 0 fully saturated rings. The number of thiazole rings is 1. The molecule has 184 valence electrons. The monoisotopic (exact) mass is 518 g/mol. The van der Waals surface area contributed by atoms with Gasteiger partial charge in [-0.2, -0.15) is 0 Å². The summed E-state index contributed by atoms with van der Waals surface area (Å²) in [5.41, 5.74) is 3.87. The molecule has 36 heavy (non-hydrogen) atoms. The fourth-order valence-corrected chi connectivity index (χ4v) is 6.03. The average Bonchev–Trinajstić information content (AvgIpc) is 3.35. The lowest BCUT2D eigenvalue weighted by Crippen LogP contribution is -2.43. The summed E-state index contributed by atoms with van der Waals surface area (Å²) >= 11 is 7.52. The maximum absolute atomic E-state index is 13.9. The van der Waals surface area contributed by atoms with E-state index >= 15 is 0 Å². The first-order valence-electron chi connectivity index (χ1n) is 11.9. The van der Waals surface area contributed by atoms with Crippen LogP contribution in [0.3, 0.4) is 0 Å². The van der Waals surface area contributed by atoms with Gasteiger partial charge in [-0.1, -0.05) is 53.3 Å². The van der Waals surface area contributed by atoms with Crippen LogP contribution >= 0.6 is 22.9 Å². The summed E-state index contributed by atoms with van der Waals surface area (Å²) < 4.78 is 4.29. The predicted octanol–water partition coefficient (Wildman–Crippen LogP) is 4.25. The molecule has 2 aromatic carbocycles. The van der Waals surface area contributed by atoms with Crippen molar-refractivity contribution in [3.8, 4) is 0 Å². The Hall–Kier alpha value is -3.42. The summed E-state index contributed by atoms with van der Waals surface area (Å²) in [6.07, 6.45) is 3.95. The number of benzene rings is 2. The quantitative estimate of drug-likeness (QED) is 0.396. The minimum atomic E-state index is -0.582. The van der Waals surface area contributed by atoms with Gasteiger partial charge in [0.1, 0.15) is 0 Å². The average molecular weight is 519 g/mol. The zero-order chi connectivity index (χ0) is 25.6. The number of aryl methyl sites for hydroxylation is 1. The number of fused-ring (bicyclic) bond motifs is 2. The number of para-hydroxylation sites is 1. The lowest BCUT2D eigenvalue weighted by atomic mass is 9.94. The van der Waals surface area contributed by atoms with Gasteiger partial charge in [-0.15, -0.1) is 0 Å². The Kier molecular flexibility index (Phi) is 6.45. The highest BCUT2D eigenvalue weighted by Crippen LogP contribution is 2.32. The molecule has 1 amide bonds. The Morgan fingerprint density at radius 1 is 1.14 bits per heavy atom. The van der Waals surface area contributed by atoms with E-state index in [9.17, 15) is 9.59 Å². The Labute approximate surface area is 218 Å². The molecule has 0 bridgehead atoms. The molecular weight excluding hydrogens is 492 g/mol. The van der Waals surface area contributed by atoms with Gasteiger partial charge in [-0.3, -0.25) is 14.2 Å². The van der Waals surface area contributed by atoms with Crippen LogP contribution in [0.1, 0.15) is 37.9 Å². The van der Waals surface area contributed by atoms with Crippen molar-refractivity contribution >= 4 is 45.8 Å². The van der Waals surface area contributed by atoms with Crippen LogP contribution < -0.4 is 14.9 Å². The molecule has 0 saturated heterocycles. The molecule has 8 heteroatoms. The number of amides is 1. The van der Waals surface area contributed by atoms with Crippen molar-refractivity contribution < 1.29 is 4.79 Å². The molecule has 0 aliphatic carbocycles. The zero-order valence-electron chi connectivity index (χ0n) is 20.7.